The maximum Gasteiger partial charge on any atom is 0.272 e. The lowest BCUT2D eigenvalue weighted by molar-refractivity contribution is -0.139. The molecule has 3 heterocycles. The minimum Gasteiger partial charge on any atom is -0.342 e. The molecule has 2 saturated heterocycles. The Morgan fingerprint density at radius 3 is 2.60 bits per heavy atom. The predicted molar refractivity (Wildman–Crippen MR) is 97.2 cm³/mol. The highest BCUT2D eigenvalue weighted by Crippen LogP contribution is 2.40. The van der Waals surface area contributed by atoms with E-state index in [9.17, 15) is 9.59 Å². The third kappa shape index (κ3) is 4.02. The molecule has 2 amide bonds. The summed E-state index contributed by atoms with van der Waals surface area (Å²) in [7, 11) is 0. The molecule has 0 unspecified atom stereocenters. The Bertz CT molecular complexity index is 648. The lowest BCUT2D eigenvalue weighted by atomic mass is 9.72. The molecule has 0 N–H and O–H groups in total. The number of hydrogen-bond donors (Lipinski definition) is 0. The van der Waals surface area contributed by atoms with Crippen molar-refractivity contribution in [3.8, 4) is 0 Å². The van der Waals surface area contributed by atoms with Crippen molar-refractivity contribution in [1.82, 2.24) is 14.8 Å². The lowest BCUT2D eigenvalue weighted by Gasteiger charge is -2.47. The molecule has 0 bridgehead atoms. The summed E-state index contributed by atoms with van der Waals surface area (Å²) < 4.78 is 0. The van der Waals surface area contributed by atoms with E-state index in [1.54, 1.807) is 6.07 Å². The molecule has 1 aromatic heterocycles. The number of aryl methyl sites for hydroxylation is 1. The maximum absolute atomic E-state index is 12.7. The number of aromatic nitrogens is 1. The summed E-state index contributed by atoms with van der Waals surface area (Å²) in [6.07, 6.45) is 3.57. The number of likely N-dealkylation sites (tertiary alicyclic amines) is 2. The van der Waals surface area contributed by atoms with E-state index >= 15 is 0 Å². The first-order valence-electron chi connectivity index (χ1n) is 9.39. The van der Waals surface area contributed by atoms with Crippen LogP contribution in [0.15, 0.2) is 18.2 Å². The van der Waals surface area contributed by atoms with Gasteiger partial charge in [-0.3, -0.25) is 9.59 Å². The largest absolute Gasteiger partial charge is 0.342 e. The fraction of sp³-hybridized carbons (Fsp3) is 0.650. The van der Waals surface area contributed by atoms with Crippen LogP contribution in [0.5, 0.6) is 0 Å². The van der Waals surface area contributed by atoms with Crippen LogP contribution in [0, 0.1) is 18.3 Å². The number of carbonyl (C=O) groups excluding carboxylic acids is 2. The topological polar surface area (TPSA) is 53.5 Å². The molecule has 1 spiro atoms. The van der Waals surface area contributed by atoms with E-state index in [1.165, 1.54) is 0 Å². The molecule has 0 radical (unpaired) electrons. The van der Waals surface area contributed by atoms with E-state index in [2.05, 4.69) is 18.8 Å². The molecular weight excluding hydrogens is 314 g/mol. The molecular formula is C20H29N3O2. The van der Waals surface area contributed by atoms with Gasteiger partial charge in [-0.2, -0.15) is 0 Å². The molecule has 25 heavy (non-hydrogen) atoms. The van der Waals surface area contributed by atoms with E-state index in [1.807, 2.05) is 28.9 Å². The maximum atomic E-state index is 12.7. The number of hydrogen-bond acceptors (Lipinski definition) is 3. The van der Waals surface area contributed by atoms with Crippen LogP contribution >= 0.6 is 0 Å². The number of pyridine rings is 1. The molecule has 3 rings (SSSR count). The fourth-order valence-corrected chi connectivity index (χ4v) is 4.13. The summed E-state index contributed by atoms with van der Waals surface area (Å²) in [5.41, 5.74) is 1.60. The van der Waals surface area contributed by atoms with Crippen molar-refractivity contribution < 1.29 is 9.59 Å². The van der Waals surface area contributed by atoms with Crippen molar-refractivity contribution in [2.45, 2.75) is 46.5 Å². The van der Waals surface area contributed by atoms with Crippen LogP contribution in [-0.2, 0) is 4.79 Å². The Morgan fingerprint density at radius 2 is 1.96 bits per heavy atom. The van der Waals surface area contributed by atoms with Gasteiger partial charge in [0.25, 0.3) is 5.91 Å². The van der Waals surface area contributed by atoms with Gasteiger partial charge in [-0.15, -0.1) is 0 Å². The zero-order chi connectivity index (χ0) is 18.0. The Labute approximate surface area is 150 Å². The number of rotatable bonds is 3. The highest BCUT2D eigenvalue weighted by atomic mass is 16.2. The minimum absolute atomic E-state index is 0.0319. The molecule has 5 heteroatoms. The molecule has 1 aromatic rings. The Hall–Kier alpha value is -1.91. The second kappa shape index (κ2) is 7.14. The van der Waals surface area contributed by atoms with E-state index in [0.29, 0.717) is 23.9 Å². The fourth-order valence-electron chi connectivity index (χ4n) is 4.13. The monoisotopic (exact) mass is 343 g/mol. The third-order valence-corrected chi connectivity index (χ3v) is 5.55. The average Bonchev–Trinajstić information content (AvgIpc) is 2.58. The van der Waals surface area contributed by atoms with E-state index in [4.69, 9.17) is 0 Å². The predicted octanol–water partition coefficient (Wildman–Crippen LogP) is 2.89. The van der Waals surface area contributed by atoms with Crippen molar-refractivity contribution in [1.29, 1.82) is 0 Å². The molecule has 0 atom stereocenters. The Kier molecular flexibility index (Phi) is 5.11. The van der Waals surface area contributed by atoms with Gasteiger partial charge in [-0.05, 0) is 49.7 Å². The summed E-state index contributed by atoms with van der Waals surface area (Å²) in [4.78, 5) is 33.2. The van der Waals surface area contributed by atoms with Crippen molar-refractivity contribution in [3.05, 3.63) is 29.6 Å². The zero-order valence-corrected chi connectivity index (χ0v) is 15.6. The molecule has 2 aliphatic rings. The smallest absolute Gasteiger partial charge is 0.272 e. The Morgan fingerprint density at radius 1 is 1.24 bits per heavy atom. The van der Waals surface area contributed by atoms with Crippen LogP contribution in [0.2, 0.25) is 0 Å². The summed E-state index contributed by atoms with van der Waals surface area (Å²) in [6, 6.07) is 5.59. The van der Waals surface area contributed by atoms with Gasteiger partial charge >= 0.3 is 0 Å². The summed E-state index contributed by atoms with van der Waals surface area (Å²) in [5, 5.41) is 0. The van der Waals surface area contributed by atoms with E-state index in [-0.39, 0.29) is 11.3 Å². The summed E-state index contributed by atoms with van der Waals surface area (Å²) >= 11 is 0. The molecule has 136 valence electrons. The number of nitrogens with zero attached hydrogens (tertiary/aromatic N) is 3. The van der Waals surface area contributed by atoms with Crippen molar-refractivity contribution in [3.63, 3.8) is 0 Å². The molecule has 5 nitrogen and oxygen atoms in total. The second-order valence-corrected chi connectivity index (χ2v) is 8.12. The van der Waals surface area contributed by atoms with Crippen LogP contribution < -0.4 is 0 Å². The minimum atomic E-state index is 0.0319. The van der Waals surface area contributed by atoms with Crippen LogP contribution in [-0.4, -0.2) is 52.8 Å². The number of amides is 2. The van der Waals surface area contributed by atoms with Gasteiger partial charge in [0.1, 0.15) is 5.69 Å². The first kappa shape index (κ1) is 17.9. The molecule has 2 aliphatic heterocycles. The lowest BCUT2D eigenvalue weighted by Crippen LogP contribution is -2.53. The second-order valence-electron chi connectivity index (χ2n) is 8.12. The first-order chi connectivity index (χ1) is 11.9. The van der Waals surface area contributed by atoms with Crippen molar-refractivity contribution >= 4 is 11.8 Å². The summed E-state index contributed by atoms with van der Waals surface area (Å²) in [6.45, 7) is 9.45. The quantitative estimate of drug-likeness (QED) is 0.848. The number of carbonyl (C=O) groups is 2. The molecule has 0 aliphatic carbocycles. The van der Waals surface area contributed by atoms with Gasteiger partial charge in [-0.25, -0.2) is 4.98 Å². The van der Waals surface area contributed by atoms with Gasteiger partial charge in [0.05, 0.1) is 0 Å². The van der Waals surface area contributed by atoms with Crippen LogP contribution in [0.4, 0.5) is 0 Å². The normalized spacial score (nSPS) is 20.4. The van der Waals surface area contributed by atoms with Gasteiger partial charge in [0.15, 0.2) is 0 Å². The first-order valence-corrected chi connectivity index (χ1v) is 9.39. The van der Waals surface area contributed by atoms with E-state index < -0.39 is 0 Å². The third-order valence-electron chi connectivity index (χ3n) is 5.55. The highest BCUT2D eigenvalue weighted by Gasteiger charge is 2.41. The standard InChI is InChI=1S/C20H29N3O2/c1-15(2)13-23-14-20(8-7-18(23)24)9-11-22(12-10-20)19(25)17-6-4-5-16(3)21-17/h4-6,15H,7-14H2,1-3H3. The van der Waals surface area contributed by atoms with Gasteiger partial charge < -0.3 is 9.80 Å². The zero-order valence-electron chi connectivity index (χ0n) is 15.6. The molecule has 2 fully saturated rings. The average molecular weight is 343 g/mol. The van der Waals surface area contributed by atoms with Gasteiger partial charge in [0, 0.05) is 38.3 Å². The van der Waals surface area contributed by atoms with Crippen molar-refractivity contribution in [2.24, 2.45) is 11.3 Å². The summed E-state index contributed by atoms with van der Waals surface area (Å²) in [5.74, 6) is 0.819. The van der Waals surface area contributed by atoms with Crippen LogP contribution in [0.1, 0.15) is 55.7 Å². The van der Waals surface area contributed by atoms with Crippen molar-refractivity contribution in [2.75, 3.05) is 26.2 Å². The van der Waals surface area contributed by atoms with E-state index in [0.717, 1.165) is 51.1 Å². The molecule has 0 aromatic carbocycles. The van der Waals surface area contributed by atoms with Gasteiger partial charge in [0.2, 0.25) is 5.91 Å². The number of piperidine rings is 2. The Balaban J connectivity index is 1.63. The molecule has 0 saturated carbocycles. The van der Waals surface area contributed by atoms with Gasteiger partial charge in [-0.1, -0.05) is 19.9 Å². The SMILES string of the molecule is Cc1cccc(C(=O)N2CCC3(CCC(=O)N(CC(C)C)C3)CC2)n1. The van der Waals surface area contributed by atoms with Crippen LogP contribution in [0.3, 0.4) is 0 Å². The van der Waals surface area contributed by atoms with Crippen LogP contribution in [0.25, 0.3) is 0 Å². The highest BCUT2D eigenvalue weighted by molar-refractivity contribution is 5.92.